The molecule has 2 aromatic rings. The Balaban J connectivity index is 1.67. The molecule has 0 radical (unpaired) electrons. The van der Waals surface area contributed by atoms with Crippen LogP contribution in [0.15, 0.2) is 36.5 Å². The van der Waals surface area contributed by atoms with Crippen molar-refractivity contribution in [1.29, 1.82) is 0 Å². The van der Waals surface area contributed by atoms with Crippen molar-refractivity contribution in [3.05, 3.63) is 47.7 Å². The highest BCUT2D eigenvalue weighted by atomic mass is 14.7. The van der Waals surface area contributed by atoms with E-state index in [1.54, 1.807) is 0 Å². The summed E-state index contributed by atoms with van der Waals surface area (Å²) in [6, 6.07) is 10.9. The van der Waals surface area contributed by atoms with Crippen molar-refractivity contribution >= 4 is 5.69 Å². The number of nitrogens with zero attached hydrogens (tertiary/aromatic N) is 1. The first-order valence-electron chi connectivity index (χ1n) is 10.6. The Morgan fingerprint density at radius 3 is 2.42 bits per heavy atom. The Hall–Kier alpha value is -1.83. The molecule has 140 valence electrons. The van der Waals surface area contributed by atoms with E-state index >= 15 is 0 Å². The average Bonchev–Trinajstić information content (AvgIpc) is 2.69. The van der Waals surface area contributed by atoms with Gasteiger partial charge in [-0.1, -0.05) is 51.3 Å². The molecule has 1 aliphatic carbocycles. The molecule has 0 unspecified atom stereocenters. The molecule has 2 heteroatoms. The van der Waals surface area contributed by atoms with Gasteiger partial charge < -0.3 is 5.73 Å². The van der Waals surface area contributed by atoms with E-state index in [0.717, 1.165) is 29.3 Å². The van der Waals surface area contributed by atoms with Crippen LogP contribution in [0, 0.1) is 5.92 Å². The normalized spacial score (nSPS) is 20.2. The van der Waals surface area contributed by atoms with Gasteiger partial charge in [-0.3, -0.25) is 4.98 Å². The first-order valence-corrected chi connectivity index (χ1v) is 10.6. The third-order valence-electron chi connectivity index (χ3n) is 6.14. The number of pyridine rings is 1. The number of nitrogens with two attached hydrogens (primary N) is 1. The number of nitrogen functional groups attached to an aromatic ring is 1. The summed E-state index contributed by atoms with van der Waals surface area (Å²) in [5, 5.41) is 0. The van der Waals surface area contributed by atoms with Crippen LogP contribution in [0.5, 0.6) is 0 Å². The second-order valence-electron chi connectivity index (χ2n) is 7.98. The monoisotopic (exact) mass is 350 g/mol. The molecule has 0 amide bonds. The molecule has 3 rings (SSSR count). The zero-order valence-electron chi connectivity index (χ0n) is 16.5. The first-order chi connectivity index (χ1) is 12.7. The van der Waals surface area contributed by atoms with Crippen LogP contribution in [0.1, 0.15) is 82.3 Å². The maximum atomic E-state index is 6.44. The molecule has 1 saturated carbocycles. The number of rotatable bonds is 7. The van der Waals surface area contributed by atoms with Crippen molar-refractivity contribution in [3.8, 4) is 11.3 Å². The fourth-order valence-corrected chi connectivity index (χ4v) is 4.31. The summed E-state index contributed by atoms with van der Waals surface area (Å²) in [6.07, 6.45) is 13.5. The number of hydrogen-bond acceptors (Lipinski definition) is 2. The van der Waals surface area contributed by atoms with Crippen LogP contribution in [0.3, 0.4) is 0 Å². The molecule has 0 atom stereocenters. The van der Waals surface area contributed by atoms with E-state index < -0.39 is 0 Å². The molecule has 26 heavy (non-hydrogen) atoms. The highest BCUT2D eigenvalue weighted by Gasteiger charge is 2.22. The number of benzene rings is 1. The van der Waals surface area contributed by atoms with Crippen molar-refractivity contribution in [2.45, 2.75) is 77.6 Å². The Kier molecular flexibility index (Phi) is 6.71. The SMILES string of the molecule is CCCCCc1ccc(-c2ccc(C3CCC(CC)CC3)c(N)c2)nc1. The lowest BCUT2D eigenvalue weighted by Crippen LogP contribution is -2.13. The van der Waals surface area contributed by atoms with Crippen LogP contribution in [-0.4, -0.2) is 4.98 Å². The molecule has 1 fully saturated rings. The van der Waals surface area contributed by atoms with E-state index in [-0.39, 0.29) is 0 Å². The van der Waals surface area contributed by atoms with Gasteiger partial charge in [0.05, 0.1) is 5.69 Å². The number of aromatic nitrogens is 1. The minimum absolute atomic E-state index is 0.640. The van der Waals surface area contributed by atoms with Gasteiger partial charge in [0, 0.05) is 17.4 Å². The average molecular weight is 351 g/mol. The Bertz CT molecular complexity index is 682. The molecule has 0 aliphatic heterocycles. The zero-order chi connectivity index (χ0) is 18.4. The third-order valence-corrected chi connectivity index (χ3v) is 6.14. The quantitative estimate of drug-likeness (QED) is 0.443. The minimum atomic E-state index is 0.640. The van der Waals surface area contributed by atoms with E-state index in [4.69, 9.17) is 5.73 Å². The minimum Gasteiger partial charge on any atom is -0.398 e. The van der Waals surface area contributed by atoms with Gasteiger partial charge in [0.25, 0.3) is 0 Å². The molecular formula is C24H34N2. The Morgan fingerprint density at radius 1 is 1.00 bits per heavy atom. The van der Waals surface area contributed by atoms with E-state index in [2.05, 4.69) is 49.2 Å². The first kappa shape index (κ1) is 18.9. The van der Waals surface area contributed by atoms with Gasteiger partial charge in [0.1, 0.15) is 0 Å². The molecule has 1 aromatic heterocycles. The van der Waals surface area contributed by atoms with Crippen LogP contribution < -0.4 is 5.73 Å². The second-order valence-corrected chi connectivity index (χ2v) is 7.98. The lowest BCUT2D eigenvalue weighted by molar-refractivity contribution is 0.319. The molecule has 0 bridgehead atoms. The lowest BCUT2D eigenvalue weighted by atomic mass is 9.77. The molecule has 1 heterocycles. The Morgan fingerprint density at radius 2 is 1.81 bits per heavy atom. The van der Waals surface area contributed by atoms with E-state index in [1.165, 1.54) is 62.5 Å². The predicted molar refractivity (Wildman–Crippen MR) is 112 cm³/mol. The number of aryl methyl sites for hydroxylation is 1. The van der Waals surface area contributed by atoms with Gasteiger partial charge in [-0.15, -0.1) is 0 Å². The van der Waals surface area contributed by atoms with Crippen molar-refractivity contribution in [3.63, 3.8) is 0 Å². The summed E-state index contributed by atoms with van der Waals surface area (Å²) in [5.74, 6) is 1.56. The summed E-state index contributed by atoms with van der Waals surface area (Å²) in [4.78, 5) is 4.68. The van der Waals surface area contributed by atoms with E-state index in [1.807, 2.05) is 6.20 Å². The highest BCUT2D eigenvalue weighted by Crippen LogP contribution is 2.39. The third kappa shape index (κ3) is 4.66. The largest absolute Gasteiger partial charge is 0.398 e. The van der Waals surface area contributed by atoms with Gasteiger partial charge in [-0.05, 0) is 73.6 Å². The predicted octanol–water partition coefficient (Wildman–Crippen LogP) is 6.75. The molecule has 0 spiro atoms. The molecule has 0 saturated heterocycles. The van der Waals surface area contributed by atoms with Gasteiger partial charge in [-0.25, -0.2) is 0 Å². The molecule has 2 N–H and O–H groups in total. The van der Waals surface area contributed by atoms with Crippen LogP contribution in [0.25, 0.3) is 11.3 Å². The molecule has 1 aliphatic rings. The number of hydrogen-bond donors (Lipinski definition) is 1. The number of anilines is 1. The summed E-state index contributed by atoms with van der Waals surface area (Å²) >= 11 is 0. The fourth-order valence-electron chi connectivity index (χ4n) is 4.31. The van der Waals surface area contributed by atoms with Gasteiger partial charge in [0.15, 0.2) is 0 Å². The van der Waals surface area contributed by atoms with Crippen LogP contribution >= 0.6 is 0 Å². The van der Waals surface area contributed by atoms with Crippen molar-refractivity contribution in [2.75, 3.05) is 5.73 Å². The summed E-state index contributed by atoms with van der Waals surface area (Å²) in [5.41, 5.74) is 12.2. The molecule has 1 aromatic carbocycles. The maximum Gasteiger partial charge on any atom is 0.0702 e. The van der Waals surface area contributed by atoms with Crippen molar-refractivity contribution in [2.24, 2.45) is 5.92 Å². The topological polar surface area (TPSA) is 38.9 Å². The van der Waals surface area contributed by atoms with E-state index in [9.17, 15) is 0 Å². The zero-order valence-corrected chi connectivity index (χ0v) is 16.5. The number of unbranched alkanes of at least 4 members (excludes halogenated alkanes) is 2. The van der Waals surface area contributed by atoms with Gasteiger partial charge >= 0.3 is 0 Å². The van der Waals surface area contributed by atoms with Gasteiger partial charge in [-0.2, -0.15) is 0 Å². The highest BCUT2D eigenvalue weighted by molar-refractivity contribution is 5.66. The van der Waals surface area contributed by atoms with Gasteiger partial charge in [0.2, 0.25) is 0 Å². The van der Waals surface area contributed by atoms with Crippen LogP contribution in [0.4, 0.5) is 5.69 Å². The Labute approximate surface area is 159 Å². The van der Waals surface area contributed by atoms with Crippen molar-refractivity contribution < 1.29 is 0 Å². The fraction of sp³-hybridized carbons (Fsp3) is 0.542. The van der Waals surface area contributed by atoms with E-state index in [0.29, 0.717) is 5.92 Å². The summed E-state index contributed by atoms with van der Waals surface area (Å²) < 4.78 is 0. The lowest BCUT2D eigenvalue weighted by Gasteiger charge is -2.29. The van der Waals surface area contributed by atoms with Crippen molar-refractivity contribution in [1.82, 2.24) is 4.98 Å². The standard InChI is InChI=1S/C24H34N2/c1-3-5-6-7-19-10-15-24(26-17-19)21-13-14-22(23(25)16-21)20-11-8-18(4-2)9-12-20/h10,13-18,20H,3-9,11-12,25H2,1-2H3. The summed E-state index contributed by atoms with van der Waals surface area (Å²) in [6.45, 7) is 4.56. The smallest absolute Gasteiger partial charge is 0.0702 e. The maximum absolute atomic E-state index is 6.44. The summed E-state index contributed by atoms with van der Waals surface area (Å²) in [7, 11) is 0. The van der Waals surface area contributed by atoms with Crippen LogP contribution in [-0.2, 0) is 6.42 Å². The second kappa shape index (κ2) is 9.21. The molecular weight excluding hydrogens is 316 g/mol. The molecule has 2 nitrogen and oxygen atoms in total. The van der Waals surface area contributed by atoms with Crippen LogP contribution in [0.2, 0.25) is 0 Å².